The molecule has 1 aromatic carbocycles. The topological polar surface area (TPSA) is 75.9 Å². The number of aryl methyl sites for hydroxylation is 2. The van der Waals surface area contributed by atoms with Crippen LogP contribution in [0.1, 0.15) is 32.2 Å². The lowest BCUT2D eigenvalue weighted by Gasteiger charge is -2.34. The molecule has 25 heavy (non-hydrogen) atoms. The number of rotatable bonds is 3. The summed E-state index contributed by atoms with van der Waals surface area (Å²) in [5, 5.41) is 3.83. The van der Waals surface area contributed by atoms with Gasteiger partial charge in [-0.2, -0.15) is 0 Å². The van der Waals surface area contributed by atoms with Gasteiger partial charge in [0.1, 0.15) is 17.1 Å². The summed E-state index contributed by atoms with van der Waals surface area (Å²) in [6.45, 7) is 5.47. The second-order valence-electron chi connectivity index (χ2n) is 6.01. The van der Waals surface area contributed by atoms with E-state index in [1.807, 2.05) is 0 Å². The van der Waals surface area contributed by atoms with E-state index < -0.39 is 0 Å². The Bertz CT molecular complexity index is 755. The van der Waals surface area contributed by atoms with Crippen molar-refractivity contribution in [2.24, 2.45) is 0 Å². The molecule has 1 aromatic heterocycles. The molecule has 2 amide bonds. The highest BCUT2D eigenvalue weighted by Crippen LogP contribution is 2.18. The van der Waals surface area contributed by atoms with E-state index in [-0.39, 0.29) is 11.8 Å². The van der Waals surface area contributed by atoms with Gasteiger partial charge in [0.2, 0.25) is 0 Å². The van der Waals surface area contributed by atoms with Crippen LogP contribution in [-0.2, 0) is 0 Å². The lowest BCUT2D eigenvalue weighted by molar-refractivity contribution is 0.0534. The molecule has 0 saturated carbocycles. The first-order chi connectivity index (χ1) is 12.0. The molecule has 2 aromatic rings. The summed E-state index contributed by atoms with van der Waals surface area (Å²) in [6, 6.07) is 7.04. The van der Waals surface area contributed by atoms with Crippen LogP contribution in [0.3, 0.4) is 0 Å². The van der Waals surface area contributed by atoms with Gasteiger partial charge in [-0.05, 0) is 38.1 Å². The quantitative estimate of drug-likeness (QED) is 0.851. The zero-order valence-corrected chi connectivity index (χ0v) is 14.6. The van der Waals surface area contributed by atoms with E-state index in [0.29, 0.717) is 54.5 Å². The Labute approximate surface area is 146 Å². The van der Waals surface area contributed by atoms with E-state index in [4.69, 9.17) is 9.26 Å². The van der Waals surface area contributed by atoms with Crippen molar-refractivity contribution >= 4 is 11.8 Å². The Kier molecular flexibility index (Phi) is 4.74. The standard InChI is InChI=1S/C18H21N3O4/c1-12-16(13(2)25-19-12)18(23)21-10-8-20(9-11-21)17(22)14-4-6-15(24-3)7-5-14/h4-7H,8-11H2,1-3H3. The van der Waals surface area contributed by atoms with E-state index in [2.05, 4.69) is 5.16 Å². The second-order valence-corrected chi connectivity index (χ2v) is 6.01. The van der Waals surface area contributed by atoms with Gasteiger partial charge in [0.05, 0.1) is 12.8 Å². The molecule has 132 valence electrons. The molecule has 2 heterocycles. The molecule has 1 saturated heterocycles. The SMILES string of the molecule is COc1ccc(C(=O)N2CCN(C(=O)c3c(C)noc3C)CC2)cc1. The van der Waals surface area contributed by atoms with E-state index in [1.54, 1.807) is 55.0 Å². The maximum absolute atomic E-state index is 12.6. The van der Waals surface area contributed by atoms with Crippen LogP contribution in [-0.4, -0.2) is 60.1 Å². The number of benzene rings is 1. The van der Waals surface area contributed by atoms with E-state index in [0.717, 1.165) is 0 Å². The van der Waals surface area contributed by atoms with Gasteiger partial charge in [-0.15, -0.1) is 0 Å². The molecule has 0 radical (unpaired) electrons. The largest absolute Gasteiger partial charge is 0.497 e. The molecular formula is C18H21N3O4. The fraction of sp³-hybridized carbons (Fsp3) is 0.389. The predicted octanol–water partition coefficient (Wildman–Crippen LogP) is 1.90. The van der Waals surface area contributed by atoms with Crippen molar-refractivity contribution in [1.29, 1.82) is 0 Å². The number of amides is 2. The second kappa shape index (κ2) is 6.96. The fourth-order valence-corrected chi connectivity index (χ4v) is 2.98. The van der Waals surface area contributed by atoms with Gasteiger partial charge in [-0.1, -0.05) is 5.16 Å². The monoisotopic (exact) mass is 343 g/mol. The molecule has 1 fully saturated rings. The van der Waals surface area contributed by atoms with Crippen LogP contribution < -0.4 is 4.74 Å². The van der Waals surface area contributed by atoms with E-state index in [1.165, 1.54) is 0 Å². The number of ether oxygens (including phenoxy) is 1. The summed E-state index contributed by atoms with van der Waals surface area (Å²) < 4.78 is 10.2. The molecule has 0 bridgehead atoms. The molecule has 0 atom stereocenters. The van der Waals surface area contributed by atoms with Crippen molar-refractivity contribution < 1.29 is 18.8 Å². The van der Waals surface area contributed by atoms with E-state index >= 15 is 0 Å². The molecule has 0 spiro atoms. The molecular weight excluding hydrogens is 322 g/mol. The Morgan fingerprint density at radius 3 is 2.04 bits per heavy atom. The lowest BCUT2D eigenvalue weighted by atomic mass is 10.1. The maximum atomic E-state index is 12.6. The molecule has 0 aliphatic carbocycles. The Balaban J connectivity index is 1.63. The number of aromatic nitrogens is 1. The number of hydrogen-bond acceptors (Lipinski definition) is 5. The molecule has 7 nitrogen and oxygen atoms in total. The molecule has 0 N–H and O–H groups in total. The lowest BCUT2D eigenvalue weighted by Crippen LogP contribution is -2.50. The Morgan fingerprint density at radius 1 is 1.00 bits per heavy atom. The third-order valence-electron chi connectivity index (χ3n) is 4.44. The van der Waals surface area contributed by atoms with Crippen LogP contribution in [0.4, 0.5) is 0 Å². The number of hydrogen-bond donors (Lipinski definition) is 0. The number of carbonyl (C=O) groups is 2. The van der Waals surface area contributed by atoms with Crippen LogP contribution in [0.5, 0.6) is 5.75 Å². The van der Waals surface area contributed by atoms with Gasteiger partial charge in [0.25, 0.3) is 11.8 Å². The third kappa shape index (κ3) is 3.35. The van der Waals surface area contributed by atoms with E-state index in [9.17, 15) is 9.59 Å². The summed E-state index contributed by atoms with van der Waals surface area (Å²) in [4.78, 5) is 28.7. The number of nitrogens with zero attached hydrogens (tertiary/aromatic N) is 3. The summed E-state index contributed by atoms with van der Waals surface area (Å²) >= 11 is 0. The number of piperazine rings is 1. The third-order valence-corrected chi connectivity index (χ3v) is 4.44. The van der Waals surface area contributed by atoms with Crippen LogP contribution in [0.15, 0.2) is 28.8 Å². The average Bonchev–Trinajstić information content (AvgIpc) is 2.99. The minimum absolute atomic E-state index is 0.0351. The van der Waals surface area contributed by atoms with Crippen molar-refractivity contribution in [1.82, 2.24) is 15.0 Å². The first-order valence-corrected chi connectivity index (χ1v) is 8.16. The van der Waals surface area contributed by atoms with Gasteiger partial charge < -0.3 is 19.1 Å². The van der Waals surface area contributed by atoms with Gasteiger partial charge in [0, 0.05) is 31.7 Å². The van der Waals surface area contributed by atoms with Crippen LogP contribution in [0.2, 0.25) is 0 Å². The smallest absolute Gasteiger partial charge is 0.259 e. The summed E-state index contributed by atoms with van der Waals surface area (Å²) in [5.74, 6) is 1.12. The van der Waals surface area contributed by atoms with Crippen molar-refractivity contribution in [3.8, 4) is 5.75 Å². The average molecular weight is 343 g/mol. The zero-order chi connectivity index (χ0) is 18.0. The number of carbonyl (C=O) groups excluding carboxylic acids is 2. The normalized spacial score (nSPS) is 14.5. The van der Waals surface area contributed by atoms with Gasteiger partial charge >= 0.3 is 0 Å². The molecule has 1 aliphatic heterocycles. The highest BCUT2D eigenvalue weighted by molar-refractivity contribution is 5.97. The fourth-order valence-electron chi connectivity index (χ4n) is 2.98. The first-order valence-electron chi connectivity index (χ1n) is 8.16. The minimum atomic E-state index is -0.0900. The van der Waals surface area contributed by atoms with Crippen LogP contribution in [0, 0.1) is 13.8 Å². The molecule has 1 aliphatic rings. The maximum Gasteiger partial charge on any atom is 0.259 e. The van der Waals surface area contributed by atoms with Crippen molar-refractivity contribution in [3.05, 3.63) is 46.8 Å². The van der Waals surface area contributed by atoms with Crippen molar-refractivity contribution in [2.75, 3.05) is 33.3 Å². The highest BCUT2D eigenvalue weighted by Gasteiger charge is 2.28. The molecule has 7 heteroatoms. The minimum Gasteiger partial charge on any atom is -0.497 e. The Morgan fingerprint density at radius 2 is 1.56 bits per heavy atom. The predicted molar refractivity (Wildman–Crippen MR) is 90.8 cm³/mol. The van der Waals surface area contributed by atoms with Gasteiger partial charge in [-0.3, -0.25) is 9.59 Å². The molecule has 0 unspecified atom stereocenters. The Hall–Kier alpha value is -2.83. The van der Waals surface area contributed by atoms with Crippen molar-refractivity contribution in [2.45, 2.75) is 13.8 Å². The first kappa shape index (κ1) is 17.0. The van der Waals surface area contributed by atoms with Gasteiger partial charge in [0.15, 0.2) is 0 Å². The zero-order valence-electron chi connectivity index (χ0n) is 14.6. The van der Waals surface area contributed by atoms with Crippen LogP contribution >= 0.6 is 0 Å². The summed E-state index contributed by atoms with van der Waals surface area (Å²) in [5.41, 5.74) is 1.74. The van der Waals surface area contributed by atoms with Crippen molar-refractivity contribution in [3.63, 3.8) is 0 Å². The summed E-state index contributed by atoms with van der Waals surface area (Å²) in [6.07, 6.45) is 0. The highest BCUT2D eigenvalue weighted by atomic mass is 16.5. The molecule has 3 rings (SSSR count). The number of methoxy groups -OCH3 is 1. The summed E-state index contributed by atoms with van der Waals surface area (Å²) in [7, 11) is 1.59. The van der Waals surface area contributed by atoms with Crippen LogP contribution in [0.25, 0.3) is 0 Å². The van der Waals surface area contributed by atoms with Gasteiger partial charge in [-0.25, -0.2) is 0 Å².